The lowest BCUT2D eigenvalue weighted by atomic mass is 9.73. The van der Waals surface area contributed by atoms with Crippen molar-refractivity contribution in [1.29, 1.82) is 0 Å². The van der Waals surface area contributed by atoms with Crippen molar-refractivity contribution in [2.24, 2.45) is 5.41 Å². The van der Waals surface area contributed by atoms with Crippen LogP contribution in [0.3, 0.4) is 0 Å². The Morgan fingerprint density at radius 1 is 1.04 bits per heavy atom. The zero-order valence-electron chi connectivity index (χ0n) is 14.1. The summed E-state index contributed by atoms with van der Waals surface area (Å²) < 4.78 is 5.24. The van der Waals surface area contributed by atoms with Crippen molar-refractivity contribution in [3.05, 3.63) is 0 Å². The Bertz CT molecular complexity index is 453. The Morgan fingerprint density at radius 2 is 1.65 bits per heavy atom. The van der Waals surface area contributed by atoms with Crippen LogP contribution in [0.25, 0.3) is 0 Å². The number of hydrogen-bond donors (Lipinski definition) is 1. The molecule has 1 fully saturated rings. The van der Waals surface area contributed by atoms with Gasteiger partial charge in [-0.2, -0.15) is 0 Å². The van der Waals surface area contributed by atoms with Crippen molar-refractivity contribution >= 4 is 23.4 Å². The molecule has 0 unspecified atom stereocenters. The number of rotatable bonds is 10. The Balaban J connectivity index is 2.24. The molecule has 130 valence electrons. The normalized spacial score (nSPS) is 15.7. The number of carbonyl (C=O) groups is 4. The van der Waals surface area contributed by atoms with Crippen molar-refractivity contribution in [2.75, 3.05) is 32.8 Å². The van der Waals surface area contributed by atoms with E-state index in [1.807, 2.05) is 6.92 Å². The highest BCUT2D eigenvalue weighted by molar-refractivity contribution is 6.07. The van der Waals surface area contributed by atoms with Crippen LogP contribution in [0.5, 0.6) is 0 Å². The largest absolute Gasteiger partial charge is 0.380 e. The third-order valence-corrected chi connectivity index (χ3v) is 4.11. The summed E-state index contributed by atoms with van der Waals surface area (Å²) in [5.74, 6) is -0.832. The van der Waals surface area contributed by atoms with Gasteiger partial charge in [0.1, 0.15) is 17.0 Å². The van der Waals surface area contributed by atoms with E-state index in [4.69, 9.17) is 4.74 Å². The summed E-state index contributed by atoms with van der Waals surface area (Å²) in [7, 11) is 0. The summed E-state index contributed by atoms with van der Waals surface area (Å²) in [4.78, 5) is 48.2. The van der Waals surface area contributed by atoms with Crippen molar-refractivity contribution in [2.45, 2.75) is 40.0 Å². The fourth-order valence-corrected chi connectivity index (χ4v) is 2.45. The molecule has 1 heterocycles. The molecule has 0 radical (unpaired) electrons. The second-order valence-electron chi connectivity index (χ2n) is 5.91. The minimum absolute atomic E-state index is 0.0769. The number of ether oxygens (including phenoxy) is 1. The molecule has 0 aromatic heterocycles. The summed E-state index contributed by atoms with van der Waals surface area (Å²) in [6.45, 7) is 6.55. The molecule has 0 atom stereocenters. The molecule has 0 aromatic rings. The van der Waals surface area contributed by atoms with Gasteiger partial charge < -0.3 is 15.0 Å². The van der Waals surface area contributed by atoms with Crippen LogP contribution in [0.2, 0.25) is 0 Å². The third-order valence-electron chi connectivity index (χ3n) is 4.11. The number of ketones is 2. The SMILES string of the molecule is CCCOCCNC(=O)CCC(=O)N1CC(C(C)=O)(C(C)=O)C1. The molecular weight excluding hydrogens is 300 g/mol. The van der Waals surface area contributed by atoms with Crippen LogP contribution in [0.1, 0.15) is 40.0 Å². The van der Waals surface area contributed by atoms with Gasteiger partial charge in [0.25, 0.3) is 0 Å². The van der Waals surface area contributed by atoms with Gasteiger partial charge in [0.05, 0.1) is 6.61 Å². The van der Waals surface area contributed by atoms with Gasteiger partial charge in [-0.25, -0.2) is 0 Å². The maximum Gasteiger partial charge on any atom is 0.223 e. The van der Waals surface area contributed by atoms with Crippen molar-refractivity contribution < 1.29 is 23.9 Å². The smallest absolute Gasteiger partial charge is 0.223 e. The number of nitrogens with zero attached hydrogens (tertiary/aromatic N) is 1. The van der Waals surface area contributed by atoms with Crippen LogP contribution in [-0.2, 0) is 23.9 Å². The summed E-state index contributed by atoms with van der Waals surface area (Å²) in [6.07, 6.45) is 1.10. The molecule has 23 heavy (non-hydrogen) atoms. The molecule has 0 spiro atoms. The first kappa shape index (κ1) is 19.3. The molecule has 7 heteroatoms. The Hall–Kier alpha value is -1.76. The minimum atomic E-state index is -1.03. The lowest BCUT2D eigenvalue weighted by Gasteiger charge is -2.46. The Labute approximate surface area is 136 Å². The highest BCUT2D eigenvalue weighted by Crippen LogP contribution is 2.33. The number of hydrogen-bond acceptors (Lipinski definition) is 5. The summed E-state index contributed by atoms with van der Waals surface area (Å²) in [5, 5.41) is 2.68. The number of Topliss-reactive ketones (excluding diaryl/α,β-unsaturated/α-hetero) is 2. The summed E-state index contributed by atoms with van der Waals surface area (Å²) >= 11 is 0. The fraction of sp³-hybridized carbons (Fsp3) is 0.750. The quantitative estimate of drug-likeness (QED) is 0.461. The molecule has 7 nitrogen and oxygen atoms in total. The van der Waals surface area contributed by atoms with Crippen LogP contribution in [0.15, 0.2) is 0 Å². The lowest BCUT2D eigenvalue weighted by Crippen LogP contribution is -2.64. The van der Waals surface area contributed by atoms with E-state index in [0.717, 1.165) is 6.42 Å². The molecule has 1 saturated heterocycles. The third kappa shape index (κ3) is 5.13. The number of carbonyl (C=O) groups excluding carboxylic acids is 4. The molecular formula is C16H26N2O5. The second-order valence-corrected chi connectivity index (χ2v) is 5.91. The van der Waals surface area contributed by atoms with Crippen LogP contribution in [0.4, 0.5) is 0 Å². The van der Waals surface area contributed by atoms with Crippen LogP contribution >= 0.6 is 0 Å². The van der Waals surface area contributed by atoms with Gasteiger partial charge in [-0.3, -0.25) is 19.2 Å². The van der Waals surface area contributed by atoms with Crippen molar-refractivity contribution in [3.8, 4) is 0 Å². The molecule has 1 rings (SSSR count). The minimum Gasteiger partial charge on any atom is -0.380 e. The molecule has 0 bridgehead atoms. The summed E-state index contributed by atoms with van der Waals surface area (Å²) in [6, 6.07) is 0. The van der Waals surface area contributed by atoms with E-state index in [1.165, 1.54) is 18.7 Å². The van der Waals surface area contributed by atoms with Gasteiger partial charge in [-0.15, -0.1) is 0 Å². The molecule has 0 aromatic carbocycles. The maximum atomic E-state index is 12.0. The van der Waals surface area contributed by atoms with E-state index < -0.39 is 5.41 Å². The van der Waals surface area contributed by atoms with Crippen molar-refractivity contribution in [1.82, 2.24) is 10.2 Å². The summed E-state index contributed by atoms with van der Waals surface area (Å²) in [5.41, 5.74) is -1.03. The second kappa shape index (κ2) is 8.76. The molecule has 1 aliphatic heterocycles. The monoisotopic (exact) mass is 326 g/mol. The van der Waals surface area contributed by atoms with Gasteiger partial charge in [0, 0.05) is 39.1 Å². The zero-order chi connectivity index (χ0) is 17.5. The predicted octanol–water partition coefficient (Wildman–Crippen LogP) is 0.316. The van der Waals surface area contributed by atoms with Gasteiger partial charge >= 0.3 is 0 Å². The number of likely N-dealkylation sites (tertiary alicyclic amines) is 1. The molecule has 2 amide bonds. The first-order chi connectivity index (χ1) is 10.8. The van der Waals surface area contributed by atoms with Crippen LogP contribution in [-0.4, -0.2) is 61.1 Å². The van der Waals surface area contributed by atoms with E-state index in [9.17, 15) is 19.2 Å². The fourth-order valence-electron chi connectivity index (χ4n) is 2.45. The van der Waals surface area contributed by atoms with Crippen LogP contribution < -0.4 is 5.32 Å². The van der Waals surface area contributed by atoms with Gasteiger partial charge in [-0.1, -0.05) is 6.92 Å². The standard InChI is InChI=1S/C16H26N2O5/c1-4-8-23-9-7-17-14(21)5-6-15(22)18-10-16(11-18,12(2)19)13(3)20/h4-11H2,1-3H3,(H,17,21). The van der Waals surface area contributed by atoms with Gasteiger partial charge in [0.15, 0.2) is 0 Å². The number of amides is 2. The maximum absolute atomic E-state index is 12.0. The van der Waals surface area contributed by atoms with Gasteiger partial charge in [-0.05, 0) is 20.3 Å². The van der Waals surface area contributed by atoms with E-state index in [1.54, 1.807) is 0 Å². The zero-order valence-corrected chi connectivity index (χ0v) is 14.1. The van der Waals surface area contributed by atoms with E-state index in [2.05, 4.69) is 5.32 Å². The predicted molar refractivity (Wildman–Crippen MR) is 83.7 cm³/mol. The topological polar surface area (TPSA) is 92.8 Å². The van der Waals surface area contributed by atoms with E-state index >= 15 is 0 Å². The van der Waals surface area contributed by atoms with E-state index in [0.29, 0.717) is 19.8 Å². The molecule has 0 aliphatic carbocycles. The van der Waals surface area contributed by atoms with Gasteiger partial charge in [0.2, 0.25) is 11.8 Å². The van der Waals surface area contributed by atoms with Crippen molar-refractivity contribution in [3.63, 3.8) is 0 Å². The Kier molecular flexibility index (Phi) is 7.35. The highest BCUT2D eigenvalue weighted by Gasteiger charge is 2.52. The van der Waals surface area contributed by atoms with Crippen LogP contribution in [0, 0.1) is 5.41 Å². The molecule has 0 saturated carbocycles. The highest BCUT2D eigenvalue weighted by atomic mass is 16.5. The van der Waals surface area contributed by atoms with E-state index in [-0.39, 0.29) is 49.3 Å². The molecule has 1 N–H and O–H groups in total. The average Bonchev–Trinajstić information content (AvgIpc) is 2.43. The molecule has 1 aliphatic rings. The first-order valence-electron chi connectivity index (χ1n) is 7.97. The number of nitrogens with one attached hydrogen (secondary N) is 1. The Morgan fingerprint density at radius 3 is 2.17 bits per heavy atom. The average molecular weight is 326 g/mol. The first-order valence-corrected chi connectivity index (χ1v) is 7.97. The lowest BCUT2D eigenvalue weighted by molar-refractivity contribution is -0.158.